The molecule has 1 amide bonds. The smallest absolute Gasteiger partial charge is 0.272 e. The molecule has 1 atom stereocenters. The van der Waals surface area contributed by atoms with Gasteiger partial charge < -0.3 is 5.32 Å². The number of carbonyl (C=O) groups excluding carboxylic acids is 1. The maximum atomic E-state index is 12.3. The quantitative estimate of drug-likeness (QED) is 0.915. The van der Waals surface area contributed by atoms with Crippen LogP contribution in [0.25, 0.3) is 0 Å². The summed E-state index contributed by atoms with van der Waals surface area (Å²) in [6.07, 6.45) is 5.45. The van der Waals surface area contributed by atoms with E-state index in [4.69, 9.17) is 0 Å². The Bertz CT molecular complexity index is 579. The molecule has 2 aromatic heterocycles. The summed E-state index contributed by atoms with van der Waals surface area (Å²) in [5.41, 5.74) is 0.376. The second kappa shape index (κ2) is 6.11. The summed E-state index contributed by atoms with van der Waals surface area (Å²) in [4.78, 5) is 12.3. The minimum absolute atomic E-state index is 0.0309. The Kier molecular flexibility index (Phi) is 4.45. The van der Waals surface area contributed by atoms with Gasteiger partial charge in [-0.3, -0.25) is 14.2 Å². The number of nitrogens with zero attached hydrogens (tertiary/aromatic N) is 4. The van der Waals surface area contributed by atoms with E-state index < -0.39 is 0 Å². The first-order chi connectivity index (χ1) is 9.90. The van der Waals surface area contributed by atoms with Crippen molar-refractivity contribution in [2.45, 2.75) is 46.8 Å². The third-order valence-corrected chi connectivity index (χ3v) is 3.48. The zero-order valence-corrected chi connectivity index (χ0v) is 13.1. The first-order valence-electron chi connectivity index (χ1n) is 7.22. The van der Waals surface area contributed by atoms with Gasteiger partial charge in [0.1, 0.15) is 5.69 Å². The molecule has 0 aromatic carbocycles. The molecule has 0 radical (unpaired) electrons. The lowest BCUT2D eigenvalue weighted by Crippen LogP contribution is -2.46. The van der Waals surface area contributed by atoms with Gasteiger partial charge >= 0.3 is 0 Å². The summed E-state index contributed by atoms with van der Waals surface area (Å²) in [5, 5.41) is 11.5. The molecule has 1 unspecified atom stereocenters. The predicted molar refractivity (Wildman–Crippen MR) is 80.8 cm³/mol. The number of rotatable bonds is 5. The molecule has 0 spiro atoms. The van der Waals surface area contributed by atoms with Gasteiger partial charge in [-0.2, -0.15) is 10.2 Å². The fourth-order valence-electron chi connectivity index (χ4n) is 2.02. The molecule has 0 aliphatic heterocycles. The first-order valence-corrected chi connectivity index (χ1v) is 7.22. The molecular formula is C15H23N5O. The Balaban J connectivity index is 2.09. The lowest BCUT2D eigenvalue weighted by Gasteiger charge is -2.31. The maximum Gasteiger partial charge on any atom is 0.272 e. The second-order valence-corrected chi connectivity index (χ2v) is 6.18. The largest absolute Gasteiger partial charge is 0.346 e. The second-order valence-electron chi connectivity index (χ2n) is 6.18. The highest BCUT2D eigenvalue weighted by molar-refractivity contribution is 5.92. The molecular weight excluding hydrogens is 266 g/mol. The lowest BCUT2D eigenvalue weighted by molar-refractivity contribution is 0.0884. The van der Waals surface area contributed by atoms with E-state index in [9.17, 15) is 4.79 Å². The summed E-state index contributed by atoms with van der Waals surface area (Å²) in [7, 11) is 0. The molecule has 6 heteroatoms. The number of amides is 1. The fourth-order valence-corrected chi connectivity index (χ4v) is 2.02. The maximum absolute atomic E-state index is 12.3. The molecule has 2 rings (SSSR count). The Morgan fingerprint density at radius 3 is 2.62 bits per heavy atom. The number of aryl methyl sites for hydroxylation is 1. The van der Waals surface area contributed by atoms with Crippen molar-refractivity contribution >= 4 is 5.91 Å². The van der Waals surface area contributed by atoms with E-state index in [1.165, 1.54) is 0 Å². The molecule has 0 saturated heterocycles. The molecule has 0 bridgehead atoms. The molecule has 2 aromatic rings. The first kappa shape index (κ1) is 15.3. The van der Waals surface area contributed by atoms with Crippen molar-refractivity contribution in [3.63, 3.8) is 0 Å². The average molecular weight is 289 g/mol. The number of hydrogen-bond acceptors (Lipinski definition) is 3. The monoisotopic (exact) mass is 289 g/mol. The normalized spacial score (nSPS) is 13.1. The van der Waals surface area contributed by atoms with Gasteiger partial charge in [-0.15, -0.1) is 0 Å². The van der Waals surface area contributed by atoms with Gasteiger partial charge in [0, 0.05) is 25.1 Å². The summed E-state index contributed by atoms with van der Waals surface area (Å²) in [5.74, 6) is -0.144. The van der Waals surface area contributed by atoms with Crippen molar-refractivity contribution in [3.8, 4) is 0 Å². The van der Waals surface area contributed by atoms with Crippen molar-refractivity contribution in [3.05, 3.63) is 36.4 Å². The van der Waals surface area contributed by atoms with Crippen molar-refractivity contribution in [2.24, 2.45) is 5.41 Å². The molecule has 2 heterocycles. The minimum atomic E-state index is -0.144. The topological polar surface area (TPSA) is 64.7 Å². The molecule has 21 heavy (non-hydrogen) atoms. The molecule has 0 saturated carbocycles. The highest BCUT2D eigenvalue weighted by Gasteiger charge is 2.27. The number of nitrogens with one attached hydrogen (secondary N) is 1. The van der Waals surface area contributed by atoms with Gasteiger partial charge in [0.2, 0.25) is 0 Å². The summed E-state index contributed by atoms with van der Waals surface area (Å²) < 4.78 is 3.58. The summed E-state index contributed by atoms with van der Waals surface area (Å²) >= 11 is 0. The van der Waals surface area contributed by atoms with Crippen LogP contribution in [0.4, 0.5) is 0 Å². The van der Waals surface area contributed by atoms with E-state index in [1.54, 1.807) is 16.9 Å². The van der Waals surface area contributed by atoms with Crippen LogP contribution in [0.2, 0.25) is 0 Å². The van der Waals surface area contributed by atoms with Crippen molar-refractivity contribution in [1.82, 2.24) is 24.9 Å². The van der Waals surface area contributed by atoms with Gasteiger partial charge in [-0.05, 0) is 24.5 Å². The molecule has 1 N–H and O–H groups in total. The van der Waals surface area contributed by atoms with Crippen LogP contribution >= 0.6 is 0 Å². The highest BCUT2D eigenvalue weighted by Crippen LogP contribution is 2.21. The Morgan fingerprint density at radius 2 is 2.10 bits per heavy atom. The van der Waals surface area contributed by atoms with Crippen molar-refractivity contribution in [1.29, 1.82) is 0 Å². The van der Waals surface area contributed by atoms with Crippen LogP contribution in [-0.2, 0) is 13.1 Å². The van der Waals surface area contributed by atoms with E-state index in [2.05, 4.69) is 36.3 Å². The molecule has 0 aliphatic rings. The van der Waals surface area contributed by atoms with Crippen LogP contribution in [0.1, 0.15) is 38.2 Å². The minimum Gasteiger partial charge on any atom is -0.346 e. The summed E-state index contributed by atoms with van der Waals surface area (Å²) in [6.45, 7) is 9.69. The van der Waals surface area contributed by atoms with Gasteiger partial charge in [-0.25, -0.2) is 0 Å². The summed E-state index contributed by atoms with van der Waals surface area (Å²) in [6, 6.07) is 3.59. The highest BCUT2D eigenvalue weighted by atomic mass is 16.2. The Morgan fingerprint density at radius 1 is 1.33 bits per heavy atom. The van der Waals surface area contributed by atoms with Crippen LogP contribution < -0.4 is 5.32 Å². The lowest BCUT2D eigenvalue weighted by atomic mass is 9.86. The molecule has 114 valence electrons. The third kappa shape index (κ3) is 3.93. The fraction of sp³-hybridized carbons (Fsp3) is 0.533. The Hall–Kier alpha value is -2.11. The third-order valence-electron chi connectivity index (χ3n) is 3.48. The number of aromatic nitrogens is 4. The number of hydrogen-bond donors (Lipinski definition) is 1. The molecule has 6 nitrogen and oxygen atoms in total. The molecule has 0 fully saturated rings. The average Bonchev–Trinajstić information content (AvgIpc) is 3.07. The van der Waals surface area contributed by atoms with Gasteiger partial charge in [0.25, 0.3) is 5.91 Å². The van der Waals surface area contributed by atoms with Gasteiger partial charge in [-0.1, -0.05) is 20.8 Å². The standard InChI is InChI=1S/C15H23N5O/c1-5-19-10-7-12(18-19)14(21)17-13(15(2,3)4)11-20-9-6-8-16-20/h6-10,13H,5,11H2,1-4H3,(H,17,21). The van der Waals surface area contributed by atoms with Crippen molar-refractivity contribution < 1.29 is 4.79 Å². The van der Waals surface area contributed by atoms with Gasteiger partial charge in [0.15, 0.2) is 0 Å². The van der Waals surface area contributed by atoms with Crippen LogP contribution in [0.15, 0.2) is 30.7 Å². The van der Waals surface area contributed by atoms with E-state index in [1.807, 2.05) is 30.1 Å². The molecule has 0 aliphatic carbocycles. The van der Waals surface area contributed by atoms with Crippen molar-refractivity contribution in [2.75, 3.05) is 0 Å². The van der Waals surface area contributed by atoms with Crippen LogP contribution in [0.3, 0.4) is 0 Å². The van der Waals surface area contributed by atoms with Crippen LogP contribution in [0.5, 0.6) is 0 Å². The predicted octanol–water partition coefficient (Wildman–Crippen LogP) is 1.94. The van der Waals surface area contributed by atoms with Crippen LogP contribution in [0, 0.1) is 5.41 Å². The number of carbonyl (C=O) groups is 1. The van der Waals surface area contributed by atoms with E-state index in [-0.39, 0.29) is 17.4 Å². The zero-order valence-electron chi connectivity index (χ0n) is 13.1. The Labute approximate surface area is 125 Å². The van der Waals surface area contributed by atoms with E-state index in [0.717, 1.165) is 6.54 Å². The zero-order chi connectivity index (χ0) is 15.5. The SMILES string of the molecule is CCn1ccc(C(=O)NC(Cn2cccn2)C(C)(C)C)n1. The van der Waals surface area contributed by atoms with E-state index >= 15 is 0 Å². The van der Waals surface area contributed by atoms with E-state index in [0.29, 0.717) is 12.2 Å². The van der Waals surface area contributed by atoms with Crippen LogP contribution in [-0.4, -0.2) is 31.5 Å². The van der Waals surface area contributed by atoms with Gasteiger partial charge in [0.05, 0.1) is 12.6 Å².